The van der Waals surface area contributed by atoms with E-state index in [0.717, 1.165) is 35.0 Å². The lowest BCUT2D eigenvalue weighted by atomic mass is 10.2. The molecule has 0 saturated carbocycles. The van der Waals surface area contributed by atoms with Gasteiger partial charge in [0, 0.05) is 18.5 Å². The third-order valence-electron chi connectivity index (χ3n) is 3.51. The molecule has 1 N–H and O–H groups in total. The first-order valence-electron chi connectivity index (χ1n) is 8.28. The van der Waals surface area contributed by atoms with Crippen molar-refractivity contribution in [2.45, 2.75) is 40.3 Å². The van der Waals surface area contributed by atoms with E-state index < -0.39 is 0 Å². The quantitative estimate of drug-likeness (QED) is 0.786. The van der Waals surface area contributed by atoms with Gasteiger partial charge in [0.25, 0.3) is 0 Å². The molecule has 0 aliphatic rings. The Morgan fingerprint density at radius 1 is 1.33 bits per heavy atom. The number of benzene rings is 1. The van der Waals surface area contributed by atoms with Gasteiger partial charge in [-0.05, 0) is 31.9 Å². The van der Waals surface area contributed by atoms with E-state index in [-0.39, 0.29) is 6.03 Å². The minimum absolute atomic E-state index is 0.0370. The smallest absolute Gasteiger partial charge is 0.317 e. The van der Waals surface area contributed by atoms with Crippen LogP contribution >= 0.6 is 11.3 Å². The average molecular weight is 347 g/mol. The largest absolute Gasteiger partial charge is 0.486 e. The van der Waals surface area contributed by atoms with Gasteiger partial charge < -0.3 is 15.0 Å². The number of hydrogen-bond acceptors (Lipinski definition) is 4. The summed E-state index contributed by atoms with van der Waals surface area (Å²) in [6, 6.07) is 7.90. The highest BCUT2D eigenvalue weighted by molar-refractivity contribution is 7.09. The summed E-state index contributed by atoms with van der Waals surface area (Å²) in [5, 5.41) is 5.76. The zero-order valence-corrected chi connectivity index (χ0v) is 15.4. The highest BCUT2D eigenvalue weighted by Gasteiger charge is 2.14. The Labute approximate surface area is 147 Å². The number of aryl methyl sites for hydroxylation is 1. The summed E-state index contributed by atoms with van der Waals surface area (Å²) in [6.07, 6.45) is 0.921. The number of carbonyl (C=O) groups excluding carboxylic acids is 1. The van der Waals surface area contributed by atoms with E-state index >= 15 is 0 Å². The number of aromatic nitrogens is 1. The summed E-state index contributed by atoms with van der Waals surface area (Å²) in [4.78, 5) is 18.4. The van der Waals surface area contributed by atoms with Crippen LogP contribution in [0.2, 0.25) is 0 Å². The van der Waals surface area contributed by atoms with Crippen molar-refractivity contribution in [2.24, 2.45) is 0 Å². The highest BCUT2D eigenvalue weighted by Crippen LogP contribution is 2.19. The number of amides is 2. The van der Waals surface area contributed by atoms with E-state index in [4.69, 9.17) is 4.74 Å². The van der Waals surface area contributed by atoms with Gasteiger partial charge in [0.1, 0.15) is 17.4 Å². The third kappa shape index (κ3) is 5.23. The Morgan fingerprint density at radius 2 is 2.12 bits per heavy atom. The number of nitrogens with one attached hydrogen (secondary N) is 1. The molecular formula is C18H25N3O2S. The zero-order valence-electron chi connectivity index (χ0n) is 14.5. The molecule has 0 bridgehead atoms. The van der Waals surface area contributed by atoms with E-state index in [1.54, 1.807) is 16.2 Å². The maximum atomic E-state index is 12.1. The second kappa shape index (κ2) is 9.27. The lowest BCUT2D eigenvalue weighted by Crippen LogP contribution is -2.39. The van der Waals surface area contributed by atoms with E-state index in [2.05, 4.69) is 17.2 Å². The van der Waals surface area contributed by atoms with Crippen LogP contribution in [-0.4, -0.2) is 29.0 Å². The normalized spacial score (nSPS) is 10.5. The second-order valence-corrected chi connectivity index (χ2v) is 6.49. The van der Waals surface area contributed by atoms with Crippen LogP contribution in [0, 0.1) is 6.92 Å². The minimum atomic E-state index is -0.0370. The van der Waals surface area contributed by atoms with Crippen LogP contribution in [0.4, 0.5) is 4.79 Å². The van der Waals surface area contributed by atoms with Gasteiger partial charge in [0.2, 0.25) is 0 Å². The number of urea groups is 1. The molecule has 5 nitrogen and oxygen atoms in total. The molecule has 0 aliphatic carbocycles. The first-order valence-corrected chi connectivity index (χ1v) is 9.16. The molecule has 2 aromatic rings. The average Bonchev–Trinajstić information content (AvgIpc) is 3.01. The van der Waals surface area contributed by atoms with E-state index in [0.29, 0.717) is 19.7 Å². The van der Waals surface area contributed by atoms with Gasteiger partial charge in [-0.3, -0.25) is 0 Å². The van der Waals surface area contributed by atoms with E-state index in [1.807, 2.05) is 43.5 Å². The molecule has 1 heterocycles. The Balaban J connectivity index is 1.94. The number of thiazole rings is 1. The number of carbonyl (C=O) groups is 1. The maximum absolute atomic E-state index is 12.1. The Kier molecular flexibility index (Phi) is 7.06. The Morgan fingerprint density at radius 3 is 2.83 bits per heavy atom. The predicted octanol–water partition coefficient (Wildman–Crippen LogP) is 3.97. The van der Waals surface area contributed by atoms with Crippen LogP contribution in [0.5, 0.6) is 5.75 Å². The number of hydrogen-bond donors (Lipinski definition) is 1. The monoisotopic (exact) mass is 347 g/mol. The molecule has 0 spiro atoms. The first kappa shape index (κ1) is 18.3. The van der Waals surface area contributed by atoms with Crippen molar-refractivity contribution in [3.8, 4) is 5.75 Å². The SMILES string of the molecule is CCCN(Cc1csc(COc2ccccc2C)n1)C(=O)NCC. The van der Waals surface area contributed by atoms with Crippen LogP contribution in [0.1, 0.15) is 36.5 Å². The summed E-state index contributed by atoms with van der Waals surface area (Å²) in [6.45, 7) is 8.34. The minimum Gasteiger partial charge on any atom is -0.486 e. The van der Waals surface area contributed by atoms with E-state index in [1.165, 1.54) is 0 Å². The summed E-state index contributed by atoms with van der Waals surface area (Å²) in [7, 11) is 0. The molecule has 2 amide bonds. The Bertz CT molecular complexity index is 657. The number of ether oxygens (including phenoxy) is 1. The zero-order chi connectivity index (χ0) is 17.4. The number of para-hydroxylation sites is 1. The summed E-state index contributed by atoms with van der Waals surface area (Å²) < 4.78 is 5.83. The van der Waals surface area contributed by atoms with Crippen LogP contribution in [0.15, 0.2) is 29.6 Å². The number of rotatable bonds is 8. The van der Waals surface area contributed by atoms with Crippen LogP contribution in [-0.2, 0) is 13.2 Å². The lowest BCUT2D eigenvalue weighted by Gasteiger charge is -2.21. The van der Waals surface area contributed by atoms with E-state index in [9.17, 15) is 4.79 Å². The van der Waals surface area contributed by atoms with Gasteiger partial charge in [-0.25, -0.2) is 9.78 Å². The molecule has 0 fully saturated rings. The van der Waals surface area contributed by atoms with Crippen molar-refractivity contribution in [3.63, 3.8) is 0 Å². The predicted molar refractivity (Wildman–Crippen MR) is 97.4 cm³/mol. The molecule has 0 atom stereocenters. The van der Waals surface area contributed by atoms with Crippen molar-refractivity contribution >= 4 is 17.4 Å². The molecule has 6 heteroatoms. The molecule has 0 radical (unpaired) electrons. The van der Waals surface area contributed by atoms with Crippen LogP contribution < -0.4 is 10.1 Å². The van der Waals surface area contributed by atoms with Gasteiger partial charge >= 0.3 is 6.03 Å². The van der Waals surface area contributed by atoms with Gasteiger partial charge in [0.05, 0.1) is 12.2 Å². The fourth-order valence-corrected chi connectivity index (χ4v) is 3.02. The molecule has 0 saturated heterocycles. The van der Waals surface area contributed by atoms with Crippen molar-refractivity contribution in [1.29, 1.82) is 0 Å². The molecule has 0 unspecified atom stereocenters. The topological polar surface area (TPSA) is 54.5 Å². The Hall–Kier alpha value is -2.08. The lowest BCUT2D eigenvalue weighted by molar-refractivity contribution is 0.195. The second-order valence-electron chi connectivity index (χ2n) is 5.54. The fraction of sp³-hybridized carbons (Fsp3) is 0.444. The molecule has 24 heavy (non-hydrogen) atoms. The standard InChI is InChI=1S/C18H25N3O2S/c1-4-10-21(18(22)19-5-2)11-15-13-24-17(20-15)12-23-16-9-7-6-8-14(16)3/h6-9,13H,4-5,10-12H2,1-3H3,(H,19,22). The maximum Gasteiger partial charge on any atom is 0.317 e. The molecule has 1 aromatic carbocycles. The van der Waals surface area contributed by atoms with Gasteiger partial charge in [0.15, 0.2) is 0 Å². The summed E-state index contributed by atoms with van der Waals surface area (Å²) in [5.74, 6) is 0.879. The molecule has 0 aliphatic heterocycles. The molecule has 1 aromatic heterocycles. The highest BCUT2D eigenvalue weighted by atomic mass is 32.1. The third-order valence-corrected chi connectivity index (χ3v) is 4.38. The fourth-order valence-electron chi connectivity index (χ4n) is 2.33. The van der Waals surface area contributed by atoms with Crippen molar-refractivity contribution in [1.82, 2.24) is 15.2 Å². The van der Waals surface area contributed by atoms with Crippen molar-refractivity contribution in [2.75, 3.05) is 13.1 Å². The molecule has 130 valence electrons. The van der Waals surface area contributed by atoms with Gasteiger partial charge in [-0.15, -0.1) is 11.3 Å². The number of nitrogens with zero attached hydrogens (tertiary/aromatic N) is 2. The van der Waals surface area contributed by atoms with Crippen molar-refractivity contribution in [3.05, 3.63) is 45.9 Å². The van der Waals surface area contributed by atoms with Crippen LogP contribution in [0.25, 0.3) is 0 Å². The first-order chi connectivity index (χ1) is 11.6. The summed E-state index contributed by atoms with van der Waals surface area (Å²) in [5.41, 5.74) is 2.02. The summed E-state index contributed by atoms with van der Waals surface area (Å²) >= 11 is 1.57. The van der Waals surface area contributed by atoms with Crippen LogP contribution in [0.3, 0.4) is 0 Å². The molecular weight excluding hydrogens is 322 g/mol. The van der Waals surface area contributed by atoms with Gasteiger partial charge in [-0.1, -0.05) is 25.1 Å². The van der Waals surface area contributed by atoms with Crippen molar-refractivity contribution < 1.29 is 9.53 Å². The molecule has 2 rings (SSSR count). The van der Waals surface area contributed by atoms with Gasteiger partial charge in [-0.2, -0.15) is 0 Å².